The number of halogens is 1. The Hall–Kier alpha value is -0.890. The Balaban J connectivity index is 1.93. The molecule has 1 atom stereocenters. The molecule has 0 heterocycles. The lowest BCUT2D eigenvalue weighted by atomic mass is 9.79. The molecule has 1 aliphatic carbocycles. The van der Waals surface area contributed by atoms with Gasteiger partial charge in [-0.05, 0) is 37.0 Å². The Morgan fingerprint density at radius 2 is 2.00 bits per heavy atom. The maximum absolute atomic E-state index is 13.1. The van der Waals surface area contributed by atoms with Crippen molar-refractivity contribution in [2.24, 2.45) is 5.92 Å². The molecule has 0 aromatic heterocycles. The van der Waals surface area contributed by atoms with Crippen molar-refractivity contribution in [2.75, 3.05) is 0 Å². The van der Waals surface area contributed by atoms with Crippen LogP contribution in [0.15, 0.2) is 24.3 Å². The van der Waals surface area contributed by atoms with Gasteiger partial charge in [-0.1, -0.05) is 44.2 Å². The highest BCUT2D eigenvalue weighted by atomic mass is 19.1. The number of rotatable bonds is 4. The number of hydrogen-bond donors (Lipinski definition) is 1. The van der Waals surface area contributed by atoms with Crippen LogP contribution in [0.4, 0.5) is 4.39 Å². The number of aliphatic hydroxyl groups is 1. The van der Waals surface area contributed by atoms with Gasteiger partial charge in [0.2, 0.25) is 0 Å². The largest absolute Gasteiger partial charge is 0.390 e. The van der Waals surface area contributed by atoms with Gasteiger partial charge in [-0.25, -0.2) is 4.39 Å². The lowest BCUT2D eigenvalue weighted by molar-refractivity contribution is 0.0279. The van der Waals surface area contributed by atoms with Gasteiger partial charge in [0.15, 0.2) is 0 Å². The molecule has 100 valence electrons. The third-order valence-corrected chi connectivity index (χ3v) is 3.93. The van der Waals surface area contributed by atoms with E-state index in [0.717, 1.165) is 12.0 Å². The third kappa shape index (κ3) is 4.09. The molecule has 1 saturated carbocycles. The van der Waals surface area contributed by atoms with Crippen LogP contribution in [0.25, 0.3) is 0 Å². The first-order valence-corrected chi connectivity index (χ1v) is 7.02. The van der Waals surface area contributed by atoms with E-state index in [1.165, 1.54) is 44.2 Å². The van der Waals surface area contributed by atoms with Crippen LogP contribution in [0.2, 0.25) is 0 Å². The molecule has 1 aromatic rings. The van der Waals surface area contributed by atoms with Gasteiger partial charge in [0.1, 0.15) is 5.82 Å². The van der Waals surface area contributed by atoms with E-state index in [4.69, 9.17) is 0 Å². The van der Waals surface area contributed by atoms with Crippen LogP contribution < -0.4 is 0 Å². The highest BCUT2D eigenvalue weighted by Crippen LogP contribution is 2.32. The predicted octanol–water partition coefficient (Wildman–Crippen LogP) is 4.09. The molecule has 0 saturated heterocycles. The Kier molecular flexibility index (Phi) is 4.39. The molecule has 1 fully saturated rings. The summed E-state index contributed by atoms with van der Waals surface area (Å²) in [6.07, 6.45) is 7.77. The molecule has 2 heteroatoms. The van der Waals surface area contributed by atoms with Crippen LogP contribution in [0.3, 0.4) is 0 Å². The van der Waals surface area contributed by atoms with E-state index >= 15 is 0 Å². The van der Waals surface area contributed by atoms with Crippen molar-refractivity contribution in [3.63, 3.8) is 0 Å². The van der Waals surface area contributed by atoms with Crippen LogP contribution in [0.1, 0.15) is 51.0 Å². The minimum Gasteiger partial charge on any atom is -0.390 e. The zero-order valence-electron chi connectivity index (χ0n) is 11.2. The first kappa shape index (κ1) is 13.5. The molecule has 0 spiro atoms. The third-order valence-electron chi connectivity index (χ3n) is 3.93. The maximum Gasteiger partial charge on any atom is 0.123 e. The summed E-state index contributed by atoms with van der Waals surface area (Å²) in [5.41, 5.74) is 0.173. The quantitative estimate of drug-likeness (QED) is 0.853. The van der Waals surface area contributed by atoms with E-state index in [0.29, 0.717) is 12.3 Å². The van der Waals surface area contributed by atoms with Crippen molar-refractivity contribution >= 4 is 0 Å². The fourth-order valence-electron chi connectivity index (χ4n) is 3.17. The molecule has 0 amide bonds. The molecule has 18 heavy (non-hydrogen) atoms. The van der Waals surface area contributed by atoms with Gasteiger partial charge in [-0.15, -0.1) is 0 Å². The van der Waals surface area contributed by atoms with Crippen molar-refractivity contribution in [3.8, 4) is 0 Å². The number of benzene rings is 1. The van der Waals surface area contributed by atoms with Crippen molar-refractivity contribution < 1.29 is 9.50 Å². The molecule has 2 rings (SSSR count). The number of hydrogen-bond acceptors (Lipinski definition) is 1. The highest BCUT2D eigenvalue weighted by molar-refractivity contribution is 5.18. The monoisotopic (exact) mass is 250 g/mol. The van der Waals surface area contributed by atoms with E-state index in [2.05, 4.69) is 0 Å². The van der Waals surface area contributed by atoms with E-state index in [-0.39, 0.29) is 5.82 Å². The average Bonchev–Trinajstić information content (AvgIpc) is 2.28. The molecular formula is C16H23FO. The van der Waals surface area contributed by atoms with Gasteiger partial charge >= 0.3 is 0 Å². The summed E-state index contributed by atoms with van der Waals surface area (Å²) in [5.74, 6) is 0.420. The smallest absolute Gasteiger partial charge is 0.123 e. The van der Waals surface area contributed by atoms with Gasteiger partial charge in [0, 0.05) is 6.42 Å². The summed E-state index contributed by atoms with van der Waals surface area (Å²) in [7, 11) is 0. The van der Waals surface area contributed by atoms with Crippen LogP contribution in [0.5, 0.6) is 0 Å². The Morgan fingerprint density at radius 1 is 1.28 bits per heavy atom. The topological polar surface area (TPSA) is 20.2 Å². The van der Waals surface area contributed by atoms with Crippen molar-refractivity contribution in [1.29, 1.82) is 0 Å². The van der Waals surface area contributed by atoms with Crippen molar-refractivity contribution in [3.05, 3.63) is 35.6 Å². The Bertz CT molecular complexity index is 380. The molecular weight excluding hydrogens is 227 g/mol. The summed E-state index contributed by atoms with van der Waals surface area (Å²) in [6.45, 7) is 1.88. The predicted molar refractivity (Wildman–Crippen MR) is 71.9 cm³/mol. The molecule has 0 bridgehead atoms. The fourth-order valence-corrected chi connectivity index (χ4v) is 3.17. The summed E-state index contributed by atoms with van der Waals surface area (Å²) >= 11 is 0. The minimum absolute atomic E-state index is 0.221. The van der Waals surface area contributed by atoms with Crippen LogP contribution >= 0.6 is 0 Å². The van der Waals surface area contributed by atoms with Crippen molar-refractivity contribution in [2.45, 2.75) is 57.5 Å². The van der Waals surface area contributed by atoms with E-state index in [9.17, 15) is 9.50 Å². The molecule has 1 nitrogen and oxygen atoms in total. The lowest BCUT2D eigenvalue weighted by Crippen LogP contribution is -2.31. The SMILES string of the molecule is CC(O)(Cc1cccc(F)c1)CC1CCCCC1. The van der Waals surface area contributed by atoms with Gasteiger partial charge in [0.25, 0.3) is 0 Å². The second-order valence-electron chi connectivity index (χ2n) is 6.01. The summed E-state index contributed by atoms with van der Waals surface area (Å²) < 4.78 is 13.1. The Labute approximate surface area is 109 Å². The minimum atomic E-state index is -0.712. The zero-order chi connectivity index (χ0) is 13.0. The molecule has 1 aliphatic rings. The van der Waals surface area contributed by atoms with E-state index in [1.54, 1.807) is 6.07 Å². The van der Waals surface area contributed by atoms with Crippen molar-refractivity contribution in [1.82, 2.24) is 0 Å². The van der Waals surface area contributed by atoms with Crippen LogP contribution in [-0.4, -0.2) is 10.7 Å². The zero-order valence-corrected chi connectivity index (χ0v) is 11.2. The average molecular weight is 250 g/mol. The fraction of sp³-hybridized carbons (Fsp3) is 0.625. The van der Waals surface area contributed by atoms with Gasteiger partial charge < -0.3 is 5.11 Å². The molecule has 0 aliphatic heterocycles. The lowest BCUT2D eigenvalue weighted by Gasteiger charge is -2.31. The van der Waals surface area contributed by atoms with Crippen LogP contribution in [0, 0.1) is 11.7 Å². The molecule has 1 N–H and O–H groups in total. The normalized spacial score (nSPS) is 20.6. The highest BCUT2D eigenvalue weighted by Gasteiger charge is 2.26. The summed E-state index contributed by atoms with van der Waals surface area (Å²) in [5, 5.41) is 10.5. The molecule has 1 unspecified atom stereocenters. The molecule has 1 aromatic carbocycles. The second-order valence-corrected chi connectivity index (χ2v) is 6.01. The molecule has 0 radical (unpaired) electrons. The van der Waals surface area contributed by atoms with Crippen LogP contribution in [-0.2, 0) is 6.42 Å². The van der Waals surface area contributed by atoms with Gasteiger partial charge in [-0.2, -0.15) is 0 Å². The Morgan fingerprint density at radius 3 is 2.67 bits per heavy atom. The van der Waals surface area contributed by atoms with E-state index < -0.39 is 5.60 Å². The first-order valence-electron chi connectivity index (χ1n) is 7.02. The summed E-state index contributed by atoms with van der Waals surface area (Å²) in [4.78, 5) is 0. The van der Waals surface area contributed by atoms with E-state index in [1.807, 2.05) is 13.0 Å². The maximum atomic E-state index is 13.1. The first-order chi connectivity index (χ1) is 8.55. The van der Waals surface area contributed by atoms with Gasteiger partial charge in [0.05, 0.1) is 5.60 Å². The second kappa shape index (κ2) is 5.83. The standard InChI is InChI=1S/C16H23FO/c1-16(18,11-13-6-3-2-4-7-13)12-14-8-5-9-15(17)10-14/h5,8-10,13,18H,2-4,6-7,11-12H2,1H3. The summed E-state index contributed by atoms with van der Waals surface area (Å²) in [6, 6.07) is 6.56. The van der Waals surface area contributed by atoms with Gasteiger partial charge in [-0.3, -0.25) is 0 Å².